The number of carbonyl (C=O) groups is 2. The van der Waals surface area contributed by atoms with Gasteiger partial charge in [-0.3, -0.25) is 14.5 Å². The number of carbonyl (C=O) groups excluding carboxylic acids is 2. The van der Waals surface area contributed by atoms with Crippen molar-refractivity contribution in [2.75, 3.05) is 36.5 Å². The van der Waals surface area contributed by atoms with Crippen LogP contribution >= 0.6 is 12.2 Å². The number of aryl methyl sites for hydroxylation is 1. The van der Waals surface area contributed by atoms with E-state index in [0.29, 0.717) is 11.4 Å². The third kappa shape index (κ3) is 4.83. The smallest absolute Gasteiger partial charge is 0.325 e. The zero-order chi connectivity index (χ0) is 23.3. The van der Waals surface area contributed by atoms with Gasteiger partial charge in [-0.1, -0.05) is 31.2 Å². The molecule has 0 bridgehead atoms. The maximum Gasteiger partial charge on any atom is 0.325 e. The highest BCUT2D eigenvalue weighted by Crippen LogP contribution is 2.30. The second-order valence-corrected chi connectivity index (χ2v) is 7.76. The van der Waals surface area contributed by atoms with Gasteiger partial charge in [0, 0.05) is 18.8 Å². The highest BCUT2D eigenvalue weighted by atomic mass is 32.1. The van der Waals surface area contributed by atoms with E-state index in [1.54, 1.807) is 6.08 Å². The molecule has 32 heavy (non-hydrogen) atoms. The molecule has 7 heteroatoms. The molecule has 1 saturated heterocycles. The molecule has 1 heterocycles. The SMILES string of the molecule is CCc1ccc(N2C(=O)/C(=C/c3ccc(N(CC)CC)cc3)N(CC(=O)OC)C2=S)cc1. The second kappa shape index (κ2) is 10.4. The molecule has 168 valence electrons. The molecule has 1 fully saturated rings. The number of hydrogen-bond donors (Lipinski definition) is 0. The Hall–Kier alpha value is -3.19. The van der Waals surface area contributed by atoms with Gasteiger partial charge in [-0.05, 0) is 74.0 Å². The number of methoxy groups -OCH3 is 1. The number of anilines is 2. The second-order valence-electron chi connectivity index (χ2n) is 7.40. The molecule has 0 saturated carbocycles. The number of hydrogen-bond acceptors (Lipinski definition) is 5. The molecule has 2 aromatic rings. The van der Waals surface area contributed by atoms with Gasteiger partial charge in [0.1, 0.15) is 12.2 Å². The van der Waals surface area contributed by atoms with Gasteiger partial charge in [0.25, 0.3) is 5.91 Å². The van der Waals surface area contributed by atoms with Crippen LogP contribution in [0.5, 0.6) is 0 Å². The number of ether oxygens (including phenoxy) is 1. The number of amides is 1. The molecule has 0 N–H and O–H groups in total. The largest absolute Gasteiger partial charge is 0.468 e. The molecule has 0 spiro atoms. The topological polar surface area (TPSA) is 53.1 Å². The van der Waals surface area contributed by atoms with E-state index < -0.39 is 5.97 Å². The van der Waals surface area contributed by atoms with Gasteiger partial charge in [-0.25, -0.2) is 0 Å². The highest BCUT2D eigenvalue weighted by molar-refractivity contribution is 7.80. The number of esters is 1. The van der Waals surface area contributed by atoms with Crippen molar-refractivity contribution >= 4 is 46.7 Å². The molecule has 6 nitrogen and oxygen atoms in total. The van der Waals surface area contributed by atoms with Crippen molar-refractivity contribution < 1.29 is 14.3 Å². The van der Waals surface area contributed by atoms with Gasteiger partial charge in [0.15, 0.2) is 5.11 Å². The molecule has 1 aliphatic rings. The Morgan fingerprint density at radius 3 is 2.19 bits per heavy atom. The fourth-order valence-corrected chi connectivity index (χ4v) is 4.01. The van der Waals surface area contributed by atoms with Crippen molar-refractivity contribution in [2.45, 2.75) is 27.2 Å². The fourth-order valence-electron chi connectivity index (χ4n) is 3.66. The standard InChI is InChI=1S/C25H29N3O3S/c1-5-18-8-14-21(15-9-18)28-24(30)22(27(25(28)32)17-23(29)31-4)16-19-10-12-20(13-11-19)26(6-2)7-3/h8-16H,5-7,17H2,1-4H3/b22-16-. The Morgan fingerprint density at radius 2 is 1.66 bits per heavy atom. The van der Waals surface area contributed by atoms with Crippen LogP contribution in [0.25, 0.3) is 6.08 Å². The van der Waals surface area contributed by atoms with Gasteiger partial charge < -0.3 is 14.5 Å². The lowest BCUT2D eigenvalue weighted by Crippen LogP contribution is -2.35. The van der Waals surface area contributed by atoms with Crippen LogP contribution in [0, 0.1) is 0 Å². The fraction of sp³-hybridized carbons (Fsp3) is 0.320. The zero-order valence-electron chi connectivity index (χ0n) is 19.0. The summed E-state index contributed by atoms with van der Waals surface area (Å²) < 4.78 is 4.83. The first-order valence-electron chi connectivity index (χ1n) is 10.8. The highest BCUT2D eigenvalue weighted by Gasteiger charge is 2.40. The van der Waals surface area contributed by atoms with E-state index in [0.717, 1.165) is 30.8 Å². The minimum atomic E-state index is -0.467. The third-order valence-corrected chi connectivity index (χ3v) is 5.98. The first kappa shape index (κ1) is 23.5. The van der Waals surface area contributed by atoms with Crippen molar-refractivity contribution in [3.63, 3.8) is 0 Å². The summed E-state index contributed by atoms with van der Waals surface area (Å²) in [5.41, 5.74) is 4.16. The molecule has 0 aromatic heterocycles. The van der Waals surface area contributed by atoms with Gasteiger partial charge in [0.05, 0.1) is 12.8 Å². The monoisotopic (exact) mass is 451 g/mol. The van der Waals surface area contributed by atoms with E-state index in [-0.39, 0.29) is 17.6 Å². The summed E-state index contributed by atoms with van der Waals surface area (Å²) in [6.07, 6.45) is 2.67. The maximum atomic E-state index is 13.4. The van der Waals surface area contributed by atoms with E-state index in [2.05, 4.69) is 25.7 Å². The lowest BCUT2D eigenvalue weighted by Gasteiger charge is -2.21. The van der Waals surface area contributed by atoms with E-state index >= 15 is 0 Å². The molecule has 0 aliphatic carbocycles. The van der Waals surface area contributed by atoms with Crippen LogP contribution in [0.4, 0.5) is 11.4 Å². The molecule has 3 rings (SSSR count). The molecular weight excluding hydrogens is 422 g/mol. The van der Waals surface area contributed by atoms with E-state index in [4.69, 9.17) is 17.0 Å². The molecular formula is C25H29N3O3S. The Labute approximate surface area is 195 Å². The lowest BCUT2D eigenvalue weighted by atomic mass is 10.1. The lowest BCUT2D eigenvalue weighted by molar-refractivity contribution is -0.140. The van der Waals surface area contributed by atoms with Crippen molar-refractivity contribution in [1.82, 2.24) is 4.90 Å². The summed E-state index contributed by atoms with van der Waals surface area (Å²) in [6, 6.07) is 15.7. The van der Waals surface area contributed by atoms with Crippen molar-refractivity contribution in [3.05, 3.63) is 65.4 Å². The molecule has 0 unspecified atom stereocenters. The first-order valence-corrected chi connectivity index (χ1v) is 11.2. The van der Waals surface area contributed by atoms with E-state index in [1.807, 2.05) is 48.5 Å². The Balaban J connectivity index is 1.97. The van der Waals surface area contributed by atoms with E-state index in [1.165, 1.54) is 22.5 Å². The van der Waals surface area contributed by atoms with Gasteiger partial charge in [-0.2, -0.15) is 0 Å². The summed E-state index contributed by atoms with van der Waals surface area (Å²) in [7, 11) is 1.32. The average Bonchev–Trinajstić information content (AvgIpc) is 3.04. The predicted octanol–water partition coefficient (Wildman–Crippen LogP) is 4.24. The van der Waals surface area contributed by atoms with Gasteiger partial charge in [0.2, 0.25) is 0 Å². The molecule has 0 atom stereocenters. The predicted molar refractivity (Wildman–Crippen MR) is 133 cm³/mol. The molecule has 1 amide bonds. The number of rotatable bonds is 8. The summed E-state index contributed by atoms with van der Waals surface area (Å²) in [4.78, 5) is 30.7. The van der Waals surface area contributed by atoms with E-state index in [9.17, 15) is 9.59 Å². The molecule has 0 radical (unpaired) electrons. The summed E-state index contributed by atoms with van der Waals surface area (Å²) in [5.74, 6) is -0.734. The Morgan fingerprint density at radius 1 is 1.03 bits per heavy atom. The minimum Gasteiger partial charge on any atom is -0.468 e. The van der Waals surface area contributed by atoms with Crippen LogP contribution in [0.3, 0.4) is 0 Å². The minimum absolute atomic E-state index is 0.131. The number of thiocarbonyl (C=S) groups is 1. The summed E-state index contributed by atoms with van der Waals surface area (Å²) in [6.45, 7) is 8.01. The third-order valence-electron chi connectivity index (χ3n) is 5.58. The van der Waals surface area contributed by atoms with Gasteiger partial charge in [-0.15, -0.1) is 0 Å². The van der Waals surface area contributed by atoms with Crippen molar-refractivity contribution in [1.29, 1.82) is 0 Å². The van der Waals surface area contributed by atoms with Crippen LogP contribution in [0.15, 0.2) is 54.2 Å². The zero-order valence-corrected chi connectivity index (χ0v) is 19.8. The van der Waals surface area contributed by atoms with Crippen molar-refractivity contribution in [3.8, 4) is 0 Å². The molecule has 2 aromatic carbocycles. The maximum absolute atomic E-state index is 13.4. The first-order chi connectivity index (χ1) is 15.4. The molecule has 1 aliphatic heterocycles. The quantitative estimate of drug-likeness (QED) is 0.340. The van der Waals surface area contributed by atoms with Crippen LogP contribution in [-0.4, -0.2) is 48.6 Å². The van der Waals surface area contributed by atoms with Crippen LogP contribution < -0.4 is 9.80 Å². The van der Waals surface area contributed by atoms with Crippen LogP contribution in [-0.2, 0) is 20.7 Å². The summed E-state index contributed by atoms with van der Waals surface area (Å²) >= 11 is 5.60. The average molecular weight is 452 g/mol. The van der Waals surface area contributed by atoms with Crippen LogP contribution in [0.1, 0.15) is 31.9 Å². The van der Waals surface area contributed by atoms with Crippen LogP contribution in [0.2, 0.25) is 0 Å². The van der Waals surface area contributed by atoms with Gasteiger partial charge >= 0.3 is 5.97 Å². The number of benzene rings is 2. The normalized spacial score (nSPS) is 14.9. The number of nitrogens with zero attached hydrogens (tertiary/aromatic N) is 3. The Kier molecular flexibility index (Phi) is 7.64. The Bertz CT molecular complexity index is 1010. The summed E-state index contributed by atoms with van der Waals surface area (Å²) in [5, 5.41) is 0.260. The van der Waals surface area contributed by atoms with Crippen molar-refractivity contribution in [2.24, 2.45) is 0 Å².